The van der Waals surface area contributed by atoms with Crippen LogP contribution in [0.3, 0.4) is 0 Å². The standard InChI is InChI=1S/C22H23Cl2N5S/c23-16-7-4-8-17(19(16)24)30-21-20(26)28-18(13-27-21)29-11-9-22(14-25,10-12-29)15-5-2-1-3-6-15/h1-8,13H,9-12,14,25H2,(H2,26,28). The molecule has 0 unspecified atom stereocenters. The summed E-state index contributed by atoms with van der Waals surface area (Å²) in [5, 5.41) is 1.60. The van der Waals surface area contributed by atoms with Gasteiger partial charge in [0.2, 0.25) is 0 Å². The molecule has 1 fully saturated rings. The Balaban J connectivity index is 1.48. The van der Waals surface area contributed by atoms with Crippen LogP contribution >= 0.6 is 35.0 Å². The number of hydrogen-bond donors (Lipinski definition) is 2. The van der Waals surface area contributed by atoms with E-state index >= 15 is 0 Å². The van der Waals surface area contributed by atoms with Crippen molar-refractivity contribution >= 4 is 46.6 Å². The number of nitrogens with zero attached hydrogens (tertiary/aromatic N) is 3. The third-order valence-electron chi connectivity index (χ3n) is 5.70. The normalized spacial score (nSPS) is 15.9. The highest BCUT2D eigenvalue weighted by atomic mass is 35.5. The Kier molecular flexibility index (Phi) is 6.39. The lowest BCUT2D eigenvalue weighted by Crippen LogP contribution is -2.47. The zero-order valence-corrected chi connectivity index (χ0v) is 18.7. The molecule has 0 aliphatic carbocycles. The van der Waals surface area contributed by atoms with Crippen LogP contribution in [0.25, 0.3) is 0 Å². The van der Waals surface area contributed by atoms with Crippen LogP contribution in [0.4, 0.5) is 11.6 Å². The number of hydrogen-bond acceptors (Lipinski definition) is 6. The van der Waals surface area contributed by atoms with Gasteiger partial charge in [0.1, 0.15) is 10.8 Å². The molecule has 1 aliphatic rings. The Morgan fingerprint density at radius 1 is 1.03 bits per heavy atom. The molecule has 0 saturated carbocycles. The van der Waals surface area contributed by atoms with Gasteiger partial charge in [0.05, 0.1) is 16.2 Å². The van der Waals surface area contributed by atoms with Gasteiger partial charge in [-0.3, -0.25) is 0 Å². The zero-order valence-electron chi connectivity index (χ0n) is 16.4. The van der Waals surface area contributed by atoms with Gasteiger partial charge in [-0.25, -0.2) is 9.97 Å². The Morgan fingerprint density at radius 2 is 1.77 bits per heavy atom. The van der Waals surface area contributed by atoms with Gasteiger partial charge in [-0.15, -0.1) is 0 Å². The molecule has 1 aromatic heterocycles. The summed E-state index contributed by atoms with van der Waals surface area (Å²) in [7, 11) is 0. The monoisotopic (exact) mass is 459 g/mol. The van der Waals surface area contributed by atoms with E-state index in [0.29, 0.717) is 27.4 Å². The molecule has 0 amide bonds. The molecule has 0 radical (unpaired) electrons. The molecular weight excluding hydrogens is 437 g/mol. The fourth-order valence-corrected chi connectivity index (χ4v) is 5.13. The molecule has 1 saturated heterocycles. The van der Waals surface area contributed by atoms with Gasteiger partial charge in [0.15, 0.2) is 5.82 Å². The van der Waals surface area contributed by atoms with Crippen LogP contribution in [0.2, 0.25) is 10.0 Å². The fraction of sp³-hybridized carbons (Fsp3) is 0.273. The highest BCUT2D eigenvalue weighted by Gasteiger charge is 2.35. The first-order chi connectivity index (χ1) is 14.5. The number of anilines is 2. The van der Waals surface area contributed by atoms with E-state index < -0.39 is 0 Å². The van der Waals surface area contributed by atoms with Gasteiger partial charge < -0.3 is 16.4 Å². The summed E-state index contributed by atoms with van der Waals surface area (Å²) in [4.78, 5) is 12.2. The van der Waals surface area contributed by atoms with Gasteiger partial charge in [0.25, 0.3) is 0 Å². The smallest absolute Gasteiger partial charge is 0.158 e. The summed E-state index contributed by atoms with van der Waals surface area (Å²) in [6.45, 7) is 2.34. The number of benzene rings is 2. The first-order valence-corrected chi connectivity index (χ1v) is 11.3. The van der Waals surface area contributed by atoms with Crippen LogP contribution in [0, 0.1) is 0 Å². The summed E-state index contributed by atoms with van der Waals surface area (Å²) in [6.07, 6.45) is 3.70. The predicted octanol–water partition coefficient (Wildman–Crippen LogP) is 5.01. The molecule has 2 heterocycles. The van der Waals surface area contributed by atoms with Gasteiger partial charge in [-0.05, 0) is 30.5 Å². The molecule has 4 rings (SSSR count). The quantitative estimate of drug-likeness (QED) is 0.557. The summed E-state index contributed by atoms with van der Waals surface area (Å²) in [5.74, 6) is 1.17. The predicted molar refractivity (Wildman–Crippen MR) is 126 cm³/mol. The van der Waals surface area contributed by atoms with Gasteiger partial charge in [-0.2, -0.15) is 0 Å². The van der Waals surface area contributed by atoms with Crippen molar-refractivity contribution in [1.82, 2.24) is 9.97 Å². The Bertz CT molecular complexity index is 1020. The third kappa shape index (κ3) is 4.23. The minimum Gasteiger partial charge on any atom is -0.381 e. The Morgan fingerprint density at radius 3 is 2.43 bits per heavy atom. The SMILES string of the molecule is NCC1(c2ccccc2)CCN(c2cnc(Sc3cccc(Cl)c3Cl)c(N)n2)CC1. The van der Waals surface area contributed by atoms with Crippen LogP contribution in [-0.2, 0) is 5.41 Å². The van der Waals surface area contributed by atoms with E-state index in [0.717, 1.165) is 36.6 Å². The van der Waals surface area contributed by atoms with Crippen LogP contribution in [0.1, 0.15) is 18.4 Å². The van der Waals surface area contributed by atoms with Gasteiger partial charge in [0, 0.05) is 29.9 Å². The van der Waals surface area contributed by atoms with Crippen molar-refractivity contribution in [3.63, 3.8) is 0 Å². The second kappa shape index (κ2) is 9.02. The first-order valence-electron chi connectivity index (χ1n) is 9.77. The topological polar surface area (TPSA) is 81.1 Å². The van der Waals surface area contributed by atoms with Gasteiger partial charge >= 0.3 is 0 Å². The molecule has 156 valence electrons. The number of halogens is 2. The van der Waals surface area contributed by atoms with Crippen molar-refractivity contribution in [1.29, 1.82) is 0 Å². The molecule has 0 spiro atoms. The minimum atomic E-state index is 0.00977. The summed E-state index contributed by atoms with van der Waals surface area (Å²) < 4.78 is 0. The molecule has 0 bridgehead atoms. The van der Waals surface area contributed by atoms with E-state index in [9.17, 15) is 0 Å². The lowest BCUT2D eigenvalue weighted by Gasteiger charge is -2.42. The van der Waals surface area contributed by atoms with Crippen LogP contribution in [0.15, 0.2) is 64.6 Å². The van der Waals surface area contributed by atoms with E-state index in [-0.39, 0.29) is 5.41 Å². The van der Waals surface area contributed by atoms with Crippen molar-refractivity contribution < 1.29 is 0 Å². The van der Waals surface area contributed by atoms with Gasteiger partial charge in [-0.1, -0.05) is 71.4 Å². The van der Waals surface area contributed by atoms with E-state index in [1.807, 2.05) is 18.2 Å². The maximum Gasteiger partial charge on any atom is 0.158 e. The molecule has 8 heteroatoms. The number of nitrogen functional groups attached to an aromatic ring is 1. The molecule has 3 aromatic rings. The molecular formula is C22H23Cl2N5S. The average molecular weight is 460 g/mol. The third-order valence-corrected chi connectivity index (χ3v) is 7.69. The van der Waals surface area contributed by atoms with E-state index in [1.54, 1.807) is 12.3 Å². The van der Waals surface area contributed by atoms with Crippen molar-refractivity contribution in [3.05, 3.63) is 70.3 Å². The Hall–Kier alpha value is -1.99. The largest absolute Gasteiger partial charge is 0.381 e. The number of piperidine rings is 1. The molecule has 2 aromatic carbocycles. The van der Waals surface area contributed by atoms with Crippen molar-refractivity contribution in [3.8, 4) is 0 Å². The Labute approximate surface area is 190 Å². The molecule has 1 aliphatic heterocycles. The highest BCUT2D eigenvalue weighted by Crippen LogP contribution is 2.39. The highest BCUT2D eigenvalue weighted by molar-refractivity contribution is 7.99. The van der Waals surface area contributed by atoms with E-state index in [4.69, 9.17) is 34.7 Å². The van der Waals surface area contributed by atoms with Crippen molar-refractivity contribution in [2.24, 2.45) is 5.73 Å². The second-order valence-corrected chi connectivity index (χ2v) is 9.23. The minimum absolute atomic E-state index is 0.00977. The second-order valence-electron chi connectivity index (χ2n) is 7.41. The average Bonchev–Trinajstić information content (AvgIpc) is 2.79. The van der Waals surface area contributed by atoms with Crippen molar-refractivity contribution in [2.45, 2.75) is 28.2 Å². The maximum atomic E-state index is 6.28. The lowest BCUT2D eigenvalue weighted by atomic mass is 9.73. The maximum absolute atomic E-state index is 6.28. The lowest BCUT2D eigenvalue weighted by molar-refractivity contribution is 0.339. The molecule has 0 atom stereocenters. The van der Waals surface area contributed by atoms with Crippen LogP contribution < -0.4 is 16.4 Å². The molecule has 4 N–H and O–H groups in total. The van der Waals surface area contributed by atoms with Crippen LogP contribution in [-0.4, -0.2) is 29.6 Å². The fourth-order valence-electron chi connectivity index (χ4n) is 3.85. The van der Waals surface area contributed by atoms with E-state index in [1.165, 1.54) is 17.3 Å². The number of rotatable bonds is 5. The van der Waals surface area contributed by atoms with Crippen LogP contribution in [0.5, 0.6) is 0 Å². The van der Waals surface area contributed by atoms with E-state index in [2.05, 4.69) is 39.1 Å². The molecule has 5 nitrogen and oxygen atoms in total. The number of nitrogens with two attached hydrogens (primary N) is 2. The summed E-state index contributed by atoms with van der Waals surface area (Å²) in [5.41, 5.74) is 13.7. The first kappa shape index (κ1) is 21.2. The van der Waals surface area contributed by atoms with Crippen molar-refractivity contribution in [2.75, 3.05) is 30.3 Å². The summed E-state index contributed by atoms with van der Waals surface area (Å²) in [6, 6.07) is 16.0. The molecule has 30 heavy (non-hydrogen) atoms. The zero-order chi connectivity index (χ0) is 21.1. The number of aromatic nitrogens is 2. The summed E-state index contributed by atoms with van der Waals surface area (Å²) >= 11 is 13.7.